The third kappa shape index (κ3) is 3.75. The molecule has 2 heterocycles. The maximum atomic E-state index is 11.8. The number of hydrogen-bond acceptors (Lipinski definition) is 7. The van der Waals surface area contributed by atoms with Gasteiger partial charge in [-0.05, 0) is 37.0 Å². The second kappa shape index (κ2) is 7.31. The molecule has 2 aromatic heterocycles. The third-order valence-electron chi connectivity index (χ3n) is 5.05. The van der Waals surface area contributed by atoms with Crippen LogP contribution in [0.3, 0.4) is 0 Å². The first-order valence-corrected chi connectivity index (χ1v) is 11.1. The molecular weight excluding hydrogens is 378 g/mol. The minimum atomic E-state index is -3.32. The largest absolute Gasteiger partial charge is 0.495 e. The predicted molar refractivity (Wildman–Crippen MR) is 109 cm³/mol. The summed E-state index contributed by atoms with van der Waals surface area (Å²) in [6.07, 6.45) is 6.80. The first-order valence-electron chi connectivity index (χ1n) is 9.18. The summed E-state index contributed by atoms with van der Waals surface area (Å²) in [7, 11) is -1.83. The molecule has 3 N–H and O–H groups in total. The summed E-state index contributed by atoms with van der Waals surface area (Å²) >= 11 is 0. The monoisotopic (exact) mass is 401 g/mol. The number of benzene rings is 1. The highest BCUT2D eigenvalue weighted by Gasteiger charge is 2.18. The summed E-state index contributed by atoms with van der Waals surface area (Å²) in [5.41, 5.74) is 1.31. The van der Waals surface area contributed by atoms with Crippen molar-refractivity contribution in [2.45, 2.75) is 24.2 Å². The van der Waals surface area contributed by atoms with Crippen LogP contribution in [0.1, 0.15) is 19.3 Å². The van der Waals surface area contributed by atoms with Gasteiger partial charge < -0.3 is 20.4 Å². The molecule has 0 radical (unpaired) electrons. The SMILES string of the molecule is COc1cc(S(C)(=O)=O)ccc1Nc1nc(NCC2CCC2)c2cc[nH]c2n1. The Morgan fingerprint density at radius 2 is 2.07 bits per heavy atom. The molecule has 1 fully saturated rings. The zero-order valence-electron chi connectivity index (χ0n) is 15.8. The number of nitrogens with zero attached hydrogens (tertiary/aromatic N) is 2. The lowest BCUT2D eigenvalue weighted by atomic mass is 9.85. The Bertz CT molecular complexity index is 1110. The molecule has 1 aromatic carbocycles. The van der Waals surface area contributed by atoms with Crippen LogP contribution < -0.4 is 15.4 Å². The van der Waals surface area contributed by atoms with Gasteiger partial charge in [0, 0.05) is 25.1 Å². The summed E-state index contributed by atoms with van der Waals surface area (Å²) in [5, 5.41) is 7.51. The highest BCUT2D eigenvalue weighted by atomic mass is 32.2. The fraction of sp³-hybridized carbons (Fsp3) is 0.368. The van der Waals surface area contributed by atoms with Crippen LogP contribution in [0.15, 0.2) is 35.4 Å². The van der Waals surface area contributed by atoms with Gasteiger partial charge in [-0.2, -0.15) is 9.97 Å². The Kier molecular flexibility index (Phi) is 4.84. The molecule has 9 heteroatoms. The topological polar surface area (TPSA) is 109 Å². The Morgan fingerprint density at radius 1 is 1.25 bits per heavy atom. The minimum Gasteiger partial charge on any atom is -0.495 e. The molecule has 0 unspecified atom stereocenters. The van der Waals surface area contributed by atoms with Crippen molar-refractivity contribution in [3.63, 3.8) is 0 Å². The van der Waals surface area contributed by atoms with Crippen LogP contribution in [0.2, 0.25) is 0 Å². The van der Waals surface area contributed by atoms with Gasteiger partial charge in [0.2, 0.25) is 5.95 Å². The smallest absolute Gasteiger partial charge is 0.231 e. The normalized spacial score (nSPS) is 14.6. The average Bonchev–Trinajstić information content (AvgIpc) is 3.08. The molecule has 1 aliphatic rings. The average molecular weight is 401 g/mol. The van der Waals surface area contributed by atoms with Crippen molar-refractivity contribution in [2.24, 2.45) is 5.92 Å². The van der Waals surface area contributed by atoms with E-state index in [0.717, 1.165) is 29.7 Å². The van der Waals surface area contributed by atoms with Gasteiger partial charge in [0.1, 0.15) is 17.2 Å². The van der Waals surface area contributed by atoms with E-state index in [4.69, 9.17) is 4.74 Å². The molecule has 0 amide bonds. The number of hydrogen-bond donors (Lipinski definition) is 3. The van der Waals surface area contributed by atoms with Gasteiger partial charge >= 0.3 is 0 Å². The van der Waals surface area contributed by atoms with E-state index in [0.29, 0.717) is 23.3 Å². The Labute approximate surface area is 163 Å². The zero-order valence-corrected chi connectivity index (χ0v) is 16.6. The number of fused-ring (bicyclic) bond motifs is 1. The van der Waals surface area contributed by atoms with Crippen molar-refractivity contribution in [3.8, 4) is 5.75 Å². The molecule has 0 spiro atoms. The van der Waals surface area contributed by atoms with E-state index in [1.54, 1.807) is 6.07 Å². The van der Waals surface area contributed by atoms with Crippen molar-refractivity contribution >= 4 is 38.3 Å². The van der Waals surface area contributed by atoms with Crippen LogP contribution in [0.25, 0.3) is 11.0 Å². The number of anilines is 3. The lowest BCUT2D eigenvalue weighted by Gasteiger charge is -2.25. The van der Waals surface area contributed by atoms with E-state index in [-0.39, 0.29) is 4.90 Å². The van der Waals surface area contributed by atoms with Gasteiger partial charge in [0.25, 0.3) is 0 Å². The van der Waals surface area contributed by atoms with Crippen molar-refractivity contribution in [3.05, 3.63) is 30.5 Å². The summed E-state index contributed by atoms with van der Waals surface area (Å²) in [5.74, 6) is 2.27. The molecule has 0 atom stereocenters. The van der Waals surface area contributed by atoms with Crippen LogP contribution in [0, 0.1) is 5.92 Å². The van der Waals surface area contributed by atoms with Gasteiger partial charge in [0.15, 0.2) is 9.84 Å². The number of ether oxygens (including phenoxy) is 1. The lowest BCUT2D eigenvalue weighted by molar-refractivity contribution is 0.333. The molecule has 148 valence electrons. The molecule has 28 heavy (non-hydrogen) atoms. The van der Waals surface area contributed by atoms with Crippen LogP contribution in [-0.4, -0.2) is 43.3 Å². The fourth-order valence-electron chi connectivity index (χ4n) is 3.20. The van der Waals surface area contributed by atoms with Gasteiger partial charge in [-0.25, -0.2) is 8.42 Å². The molecule has 8 nitrogen and oxygen atoms in total. The van der Waals surface area contributed by atoms with E-state index in [1.165, 1.54) is 38.5 Å². The molecular formula is C19H23N5O3S. The van der Waals surface area contributed by atoms with E-state index in [1.807, 2.05) is 12.3 Å². The van der Waals surface area contributed by atoms with Gasteiger partial charge in [0.05, 0.1) is 23.1 Å². The van der Waals surface area contributed by atoms with E-state index in [2.05, 4.69) is 25.6 Å². The number of rotatable bonds is 7. The minimum absolute atomic E-state index is 0.193. The number of methoxy groups -OCH3 is 1. The Morgan fingerprint density at radius 3 is 2.75 bits per heavy atom. The number of H-pyrrole nitrogens is 1. The highest BCUT2D eigenvalue weighted by molar-refractivity contribution is 7.90. The van der Waals surface area contributed by atoms with E-state index in [9.17, 15) is 8.42 Å². The maximum Gasteiger partial charge on any atom is 0.231 e. The molecule has 1 saturated carbocycles. The second-order valence-electron chi connectivity index (χ2n) is 7.07. The number of sulfone groups is 1. The molecule has 0 bridgehead atoms. The van der Waals surface area contributed by atoms with Gasteiger partial charge in [-0.1, -0.05) is 6.42 Å². The van der Waals surface area contributed by atoms with Crippen LogP contribution in [0.5, 0.6) is 5.75 Å². The summed E-state index contributed by atoms with van der Waals surface area (Å²) in [4.78, 5) is 12.4. The van der Waals surface area contributed by atoms with E-state index >= 15 is 0 Å². The lowest BCUT2D eigenvalue weighted by Crippen LogP contribution is -2.21. The fourth-order valence-corrected chi connectivity index (χ4v) is 3.83. The van der Waals surface area contributed by atoms with Gasteiger partial charge in [-0.15, -0.1) is 0 Å². The number of aromatic nitrogens is 3. The van der Waals surface area contributed by atoms with Crippen molar-refractivity contribution in [1.82, 2.24) is 15.0 Å². The Balaban J connectivity index is 1.64. The zero-order chi connectivity index (χ0) is 19.7. The van der Waals surface area contributed by atoms with Crippen molar-refractivity contribution < 1.29 is 13.2 Å². The first kappa shape index (κ1) is 18.5. The number of aromatic amines is 1. The molecule has 3 aromatic rings. The summed E-state index contributed by atoms with van der Waals surface area (Å²) in [6.45, 7) is 0.892. The second-order valence-corrected chi connectivity index (χ2v) is 9.09. The molecule has 1 aliphatic carbocycles. The summed E-state index contributed by atoms with van der Waals surface area (Å²) in [6, 6.07) is 6.62. The molecule has 0 aliphatic heterocycles. The standard InChI is InChI=1S/C19H23N5O3S/c1-27-16-10-13(28(2,25)26)6-7-15(16)22-19-23-17-14(8-9-20-17)18(24-19)21-11-12-4-3-5-12/h6-10,12H,3-5,11H2,1-2H3,(H3,20,21,22,23,24). The van der Waals surface area contributed by atoms with Gasteiger partial charge in [-0.3, -0.25) is 0 Å². The van der Waals surface area contributed by atoms with Crippen LogP contribution >= 0.6 is 0 Å². The van der Waals surface area contributed by atoms with E-state index < -0.39 is 9.84 Å². The first-order chi connectivity index (χ1) is 13.4. The molecule has 4 rings (SSSR count). The van der Waals surface area contributed by atoms with Crippen LogP contribution in [-0.2, 0) is 9.84 Å². The van der Waals surface area contributed by atoms with Crippen LogP contribution in [0.4, 0.5) is 17.5 Å². The van der Waals surface area contributed by atoms with Crippen molar-refractivity contribution in [2.75, 3.05) is 30.5 Å². The highest BCUT2D eigenvalue weighted by Crippen LogP contribution is 2.31. The quantitative estimate of drug-likeness (QED) is 0.557. The van der Waals surface area contributed by atoms with Crippen molar-refractivity contribution in [1.29, 1.82) is 0 Å². The number of nitrogens with one attached hydrogen (secondary N) is 3. The predicted octanol–water partition coefficient (Wildman–Crippen LogP) is 3.33. The Hall–Kier alpha value is -2.81. The molecule has 0 saturated heterocycles. The maximum absolute atomic E-state index is 11.8. The summed E-state index contributed by atoms with van der Waals surface area (Å²) < 4.78 is 28.9. The third-order valence-corrected chi connectivity index (χ3v) is 6.16.